The second kappa shape index (κ2) is 6.52. The van der Waals surface area contributed by atoms with Gasteiger partial charge in [0.25, 0.3) is 5.91 Å². The number of hydrogen-bond donors (Lipinski definition) is 0. The first kappa shape index (κ1) is 20.0. The zero-order valence-electron chi connectivity index (χ0n) is 17.7. The van der Waals surface area contributed by atoms with Crippen molar-refractivity contribution in [2.45, 2.75) is 88.7 Å². The third-order valence-electron chi connectivity index (χ3n) is 8.11. The Labute approximate surface area is 175 Å². The molecule has 8 atom stereocenters. The summed E-state index contributed by atoms with van der Waals surface area (Å²) in [6.45, 7) is 5.95. The van der Waals surface area contributed by atoms with Crippen LogP contribution in [0.4, 0.5) is 0 Å². The lowest BCUT2D eigenvalue weighted by Gasteiger charge is -2.35. The Bertz CT molecular complexity index is 826. The summed E-state index contributed by atoms with van der Waals surface area (Å²) in [6.07, 6.45) is 1.92. The van der Waals surface area contributed by atoms with Gasteiger partial charge in [0.15, 0.2) is 5.60 Å². The molecule has 5 aliphatic rings. The van der Waals surface area contributed by atoms with Crippen molar-refractivity contribution in [3.8, 4) is 0 Å². The summed E-state index contributed by atoms with van der Waals surface area (Å²) >= 11 is 0. The molecule has 0 saturated carbocycles. The van der Waals surface area contributed by atoms with E-state index in [1.165, 1.54) is 0 Å². The number of hydrogen-bond acceptors (Lipinski definition) is 7. The summed E-state index contributed by atoms with van der Waals surface area (Å²) < 4.78 is 17.6. The van der Waals surface area contributed by atoms with Crippen molar-refractivity contribution in [2.75, 3.05) is 6.54 Å². The van der Waals surface area contributed by atoms with Crippen LogP contribution in [-0.2, 0) is 33.4 Å². The largest absolute Gasteiger partial charge is 0.460 e. The first-order chi connectivity index (χ1) is 14.3. The minimum atomic E-state index is -1.07. The second-order valence-electron chi connectivity index (χ2n) is 9.65. The topological polar surface area (TPSA) is 103 Å². The SMILES string of the molecule is CCC12OC13CCCCN(C3=O)C(C1CC(C)C(=O)O1)CC(=O)C1C(C)C(=O)OC12. The quantitative estimate of drug-likeness (QED) is 0.492. The van der Waals surface area contributed by atoms with Crippen LogP contribution in [0.15, 0.2) is 0 Å². The average molecular weight is 419 g/mol. The zero-order chi connectivity index (χ0) is 21.4. The maximum atomic E-state index is 13.9. The van der Waals surface area contributed by atoms with Gasteiger partial charge in [0.05, 0.1) is 23.8 Å². The van der Waals surface area contributed by atoms with Crippen LogP contribution in [0.5, 0.6) is 0 Å². The number of esters is 2. The molecule has 30 heavy (non-hydrogen) atoms. The number of ether oxygens (including phenoxy) is 3. The van der Waals surface area contributed by atoms with Crippen LogP contribution in [0.1, 0.15) is 59.3 Å². The predicted molar refractivity (Wildman–Crippen MR) is 102 cm³/mol. The number of Topliss-reactive ketones (excluding diaryl/α,β-unsaturated/α-hetero) is 1. The molecule has 8 heteroatoms. The first-order valence-electron chi connectivity index (χ1n) is 11.2. The average Bonchev–Trinajstić information content (AvgIpc) is 3.19. The van der Waals surface area contributed by atoms with Crippen LogP contribution < -0.4 is 0 Å². The number of fused-ring (bicyclic) bond motifs is 3. The lowest BCUT2D eigenvalue weighted by molar-refractivity contribution is -0.152. The highest BCUT2D eigenvalue weighted by atomic mass is 16.7. The second-order valence-corrected chi connectivity index (χ2v) is 9.65. The van der Waals surface area contributed by atoms with Gasteiger partial charge in [0.1, 0.15) is 23.6 Å². The molecule has 5 saturated heterocycles. The summed E-state index contributed by atoms with van der Waals surface area (Å²) in [5.41, 5.74) is -2.02. The highest BCUT2D eigenvalue weighted by molar-refractivity contribution is 5.96. The van der Waals surface area contributed by atoms with Crippen molar-refractivity contribution in [2.24, 2.45) is 17.8 Å². The lowest BCUT2D eigenvalue weighted by Crippen LogP contribution is -2.53. The van der Waals surface area contributed by atoms with Crippen molar-refractivity contribution >= 4 is 23.6 Å². The van der Waals surface area contributed by atoms with E-state index in [9.17, 15) is 19.2 Å². The molecule has 1 amide bonds. The highest BCUT2D eigenvalue weighted by Crippen LogP contribution is 2.62. The summed E-state index contributed by atoms with van der Waals surface area (Å²) in [5.74, 6) is -2.45. The molecule has 5 fully saturated rings. The zero-order valence-corrected chi connectivity index (χ0v) is 17.7. The molecule has 5 heterocycles. The van der Waals surface area contributed by atoms with Crippen molar-refractivity contribution in [1.82, 2.24) is 4.90 Å². The van der Waals surface area contributed by atoms with Gasteiger partial charge in [-0.05, 0) is 32.1 Å². The number of carbonyl (C=O) groups is 4. The minimum absolute atomic E-state index is 0.0639. The number of cyclic esters (lactones) is 1. The van der Waals surface area contributed by atoms with Crippen molar-refractivity contribution in [1.29, 1.82) is 0 Å². The van der Waals surface area contributed by atoms with E-state index in [4.69, 9.17) is 14.2 Å². The number of ketones is 1. The Morgan fingerprint density at radius 2 is 1.83 bits per heavy atom. The van der Waals surface area contributed by atoms with Crippen molar-refractivity contribution in [3.05, 3.63) is 0 Å². The first-order valence-corrected chi connectivity index (χ1v) is 11.2. The predicted octanol–water partition coefficient (Wildman–Crippen LogP) is 1.39. The molecule has 2 bridgehead atoms. The van der Waals surface area contributed by atoms with Gasteiger partial charge in [0, 0.05) is 13.0 Å². The Hall–Kier alpha value is -1.96. The van der Waals surface area contributed by atoms with E-state index in [0.717, 1.165) is 12.8 Å². The van der Waals surface area contributed by atoms with Crippen LogP contribution in [-0.4, -0.2) is 64.5 Å². The number of epoxide rings is 1. The number of nitrogens with zero attached hydrogens (tertiary/aromatic N) is 1. The molecular formula is C22H29NO7. The van der Waals surface area contributed by atoms with Crippen LogP contribution >= 0.6 is 0 Å². The maximum absolute atomic E-state index is 13.9. The highest BCUT2D eigenvalue weighted by Gasteiger charge is 2.81. The van der Waals surface area contributed by atoms with Crippen LogP contribution in [0.2, 0.25) is 0 Å². The molecule has 5 rings (SSSR count). The van der Waals surface area contributed by atoms with E-state index in [0.29, 0.717) is 25.8 Å². The minimum Gasteiger partial charge on any atom is -0.460 e. The van der Waals surface area contributed by atoms with Gasteiger partial charge >= 0.3 is 11.9 Å². The van der Waals surface area contributed by atoms with Gasteiger partial charge in [-0.25, -0.2) is 0 Å². The van der Waals surface area contributed by atoms with Gasteiger partial charge in [-0.3, -0.25) is 19.2 Å². The van der Waals surface area contributed by atoms with Gasteiger partial charge < -0.3 is 19.1 Å². The van der Waals surface area contributed by atoms with Crippen molar-refractivity contribution in [3.63, 3.8) is 0 Å². The molecule has 0 aromatic carbocycles. The number of rotatable bonds is 2. The molecule has 0 radical (unpaired) electrons. The van der Waals surface area contributed by atoms with Crippen molar-refractivity contribution < 1.29 is 33.4 Å². The molecule has 0 aromatic heterocycles. The molecule has 5 aliphatic heterocycles. The molecular weight excluding hydrogens is 390 g/mol. The summed E-state index contributed by atoms with van der Waals surface area (Å²) in [4.78, 5) is 53.7. The van der Waals surface area contributed by atoms with E-state index < -0.39 is 47.3 Å². The third kappa shape index (κ3) is 2.43. The maximum Gasteiger partial charge on any atom is 0.309 e. The Morgan fingerprint density at radius 1 is 1.07 bits per heavy atom. The lowest BCUT2D eigenvalue weighted by atomic mass is 9.74. The molecule has 1 spiro atoms. The Balaban J connectivity index is 1.61. The van der Waals surface area contributed by atoms with Gasteiger partial charge in [0.2, 0.25) is 0 Å². The van der Waals surface area contributed by atoms with E-state index >= 15 is 0 Å². The smallest absolute Gasteiger partial charge is 0.309 e. The van der Waals surface area contributed by atoms with E-state index in [1.54, 1.807) is 18.7 Å². The third-order valence-corrected chi connectivity index (χ3v) is 8.11. The molecule has 8 unspecified atom stereocenters. The standard InChI is InChI=1S/C22H29NO7/c1-4-21-17-16(12(3)19(26)29-17)14(24)10-13(15-9-11(2)18(25)28-15)23-8-6-5-7-22(21,30-21)20(23)27/h11-13,15-17H,4-10H2,1-3H3. The molecule has 0 N–H and O–H groups in total. The van der Waals surface area contributed by atoms with Gasteiger partial charge in [-0.15, -0.1) is 0 Å². The normalized spacial score (nSPS) is 48.0. The monoisotopic (exact) mass is 419 g/mol. The summed E-state index contributed by atoms with van der Waals surface area (Å²) in [6, 6.07) is -0.533. The van der Waals surface area contributed by atoms with Crippen LogP contribution in [0.3, 0.4) is 0 Å². The van der Waals surface area contributed by atoms with E-state index in [-0.39, 0.29) is 30.0 Å². The Kier molecular flexibility index (Phi) is 4.34. The van der Waals surface area contributed by atoms with Crippen LogP contribution in [0.25, 0.3) is 0 Å². The van der Waals surface area contributed by atoms with E-state index in [2.05, 4.69) is 0 Å². The number of amides is 1. The fourth-order valence-corrected chi connectivity index (χ4v) is 6.36. The van der Waals surface area contributed by atoms with Gasteiger partial charge in [-0.2, -0.15) is 0 Å². The fraction of sp³-hybridized carbons (Fsp3) is 0.818. The molecule has 8 nitrogen and oxygen atoms in total. The Morgan fingerprint density at radius 3 is 2.50 bits per heavy atom. The van der Waals surface area contributed by atoms with Crippen LogP contribution in [0, 0.1) is 17.8 Å². The number of carbonyl (C=O) groups excluding carboxylic acids is 4. The molecule has 164 valence electrons. The van der Waals surface area contributed by atoms with Gasteiger partial charge in [-0.1, -0.05) is 20.8 Å². The summed E-state index contributed by atoms with van der Waals surface area (Å²) in [5, 5.41) is 0. The van der Waals surface area contributed by atoms with E-state index in [1.807, 2.05) is 6.92 Å². The summed E-state index contributed by atoms with van der Waals surface area (Å²) in [7, 11) is 0. The molecule has 0 aliphatic carbocycles. The fourth-order valence-electron chi connectivity index (χ4n) is 6.36. The molecule has 0 aromatic rings.